The average molecular weight is 706 g/mol. The van der Waals surface area contributed by atoms with Crippen LogP contribution in [0.25, 0.3) is 11.0 Å². The molecule has 1 atom stereocenters. The smallest absolute Gasteiger partial charge is 0.379 e. The van der Waals surface area contributed by atoms with Crippen LogP contribution in [0.3, 0.4) is 0 Å². The normalized spacial score (nSPS) is 14.0. The van der Waals surface area contributed by atoms with Gasteiger partial charge in [0.05, 0.1) is 13.0 Å². The van der Waals surface area contributed by atoms with Crippen LogP contribution in [-0.2, 0) is 6.61 Å². The minimum Gasteiger partial charge on any atom is -0.493 e. The third-order valence-corrected chi connectivity index (χ3v) is 8.49. The molecule has 0 bridgehead atoms. The topological polar surface area (TPSA) is 117 Å². The molecule has 2 N–H and O–H groups in total. The fourth-order valence-electron chi connectivity index (χ4n) is 5.17. The summed E-state index contributed by atoms with van der Waals surface area (Å²) >= 11 is 15.7. The van der Waals surface area contributed by atoms with Gasteiger partial charge in [0, 0.05) is 42.7 Å². The van der Waals surface area contributed by atoms with Crippen molar-refractivity contribution in [3.8, 4) is 29.1 Å². The van der Waals surface area contributed by atoms with Crippen LogP contribution in [0.1, 0.15) is 38.7 Å². The number of hydrogen-bond acceptors (Lipinski definition) is 8. The van der Waals surface area contributed by atoms with Crippen molar-refractivity contribution in [1.29, 1.82) is 5.26 Å². The lowest BCUT2D eigenvalue weighted by Gasteiger charge is -2.27. The van der Waals surface area contributed by atoms with E-state index in [1.54, 1.807) is 61.5 Å². The van der Waals surface area contributed by atoms with E-state index in [1.807, 2.05) is 18.2 Å². The molecular formula is C34H23BrCl2N2O6. The fraction of sp³-hybridized carbons (Fsp3) is 0.118. The van der Waals surface area contributed by atoms with Crippen molar-refractivity contribution in [2.75, 3.05) is 7.11 Å². The minimum absolute atomic E-state index is 0.0612. The first-order valence-corrected chi connectivity index (χ1v) is 15.1. The molecule has 4 aromatic carbocycles. The summed E-state index contributed by atoms with van der Waals surface area (Å²) < 4.78 is 29.8. The standard InChI is InChI=1S/C34H23BrCl2N2O6/c1-17-23-8-5-20(35)12-28(23)44-32(17)34(40)43-22-7-9-24-29(14-22)45-33(39)25(15-38)31(24)18-4-10-27(30(11-18)41-2)42-16-19-3-6-21(36)13-26(19)37/h3-14,31H,16,39H2,1-2H3. The maximum Gasteiger partial charge on any atom is 0.379 e. The van der Waals surface area contributed by atoms with E-state index in [2.05, 4.69) is 22.0 Å². The Morgan fingerprint density at radius 1 is 1.04 bits per heavy atom. The van der Waals surface area contributed by atoms with Gasteiger partial charge in [0.25, 0.3) is 0 Å². The van der Waals surface area contributed by atoms with Crippen LogP contribution < -0.4 is 24.7 Å². The molecule has 6 rings (SSSR count). The van der Waals surface area contributed by atoms with Gasteiger partial charge in [-0.15, -0.1) is 0 Å². The third kappa shape index (κ3) is 5.92. The highest BCUT2D eigenvalue weighted by molar-refractivity contribution is 9.10. The van der Waals surface area contributed by atoms with Crippen molar-refractivity contribution < 1.29 is 28.2 Å². The van der Waals surface area contributed by atoms with Gasteiger partial charge in [-0.3, -0.25) is 0 Å². The maximum absolute atomic E-state index is 13.1. The van der Waals surface area contributed by atoms with Crippen LogP contribution in [0, 0.1) is 18.3 Å². The summed E-state index contributed by atoms with van der Waals surface area (Å²) in [6.45, 7) is 1.98. The number of ether oxygens (including phenoxy) is 4. The Bertz CT molecular complexity index is 2070. The predicted molar refractivity (Wildman–Crippen MR) is 173 cm³/mol. The summed E-state index contributed by atoms with van der Waals surface area (Å²) in [5, 5.41) is 11.9. The number of nitrogens with zero attached hydrogens (tertiary/aromatic N) is 1. The van der Waals surface area contributed by atoms with E-state index in [1.165, 1.54) is 7.11 Å². The molecule has 8 nitrogen and oxygen atoms in total. The summed E-state index contributed by atoms with van der Waals surface area (Å²) in [6, 6.07) is 23.1. The van der Waals surface area contributed by atoms with Gasteiger partial charge < -0.3 is 29.1 Å². The molecule has 0 spiro atoms. The number of rotatable bonds is 7. The lowest BCUT2D eigenvalue weighted by Crippen LogP contribution is -2.21. The van der Waals surface area contributed by atoms with Crippen LogP contribution >= 0.6 is 39.1 Å². The second kappa shape index (κ2) is 12.4. The number of hydrogen-bond donors (Lipinski definition) is 1. The van der Waals surface area contributed by atoms with E-state index in [0.29, 0.717) is 49.6 Å². The van der Waals surface area contributed by atoms with Gasteiger partial charge >= 0.3 is 5.97 Å². The zero-order valence-corrected chi connectivity index (χ0v) is 26.9. The number of halogens is 3. The highest BCUT2D eigenvalue weighted by atomic mass is 79.9. The number of carbonyl (C=O) groups is 1. The lowest BCUT2D eigenvalue weighted by atomic mass is 9.83. The first-order valence-electron chi connectivity index (χ1n) is 13.5. The number of fused-ring (bicyclic) bond motifs is 2. The van der Waals surface area contributed by atoms with Crippen LogP contribution in [0.4, 0.5) is 0 Å². The Balaban J connectivity index is 1.28. The molecule has 0 aliphatic carbocycles. The molecule has 0 fully saturated rings. The number of benzene rings is 4. The number of carbonyl (C=O) groups excluding carboxylic acids is 1. The van der Waals surface area contributed by atoms with Crippen molar-refractivity contribution in [3.05, 3.63) is 127 Å². The predicted octanol–water partition coefficient (Wildman–Crippen LogP) is 8.84. The first kappa shape index (κ1) is 30.4. The largest absolute Gasteiger partial charge is 0.493 e. The van der Waals surface area contributed by atoms with E-state index >= 15 is 0 Å². The number of allylic oxidation sites excluding steroid dienone is 1. The summed E-state index contributed by atoms with van der Waals surface area (Å²) in [4.78, 5) is 13.1. The molecule has 1 aromatic heterocycles. The van der Waals surface area contributed by atoms with Gasteiger partial charge in [-0.25, -0.2) is 4.79 Å². The summed E-state index contributed by atoms with van der Waals surface area (Å²) in [5.74, 6) is 0.262. The van der Waals surface area contributed by atoms with Gasteiger partial charge in [-0.1, -0.05) is 57.3 Å². The third-order valence-electron chi connectivity index (χ3n) is 7.41. The van der Waals surface area contributed by atoms with Crippen LogP contribution in [0.5, 0.6) is 23.0 Å². The first-order chi connectivity index (χ1) is 21.7. The van der Waals surface area contributed by atoms with E-state index in [-0.39, 0.29) is 29.6 Å². The molecule has 2 heterocycles. The number of esters is 1. The maximum atomic E-state index is 13.1. The molecular weight excluding hydrogens is 683 g/mol. The molecule has 0 saturated heterocycles. The monoisotopic (exact) mass is 704 g/mol. The molecule has 0 amide bonds. The van der Waals surface area contributed by atoms with Crippen molar-refractivity contribution in [2.24, 2.45) is 5.73 Å². The van der Waals surface area contributed by atoms with Crippen molar-refractivity contribution in [1.82, 2.24) is 0 Å². The summed E-state index contributed by atoms with van der Waals surface area (Å²) in [7, 11) is 1.53. The van der Waals surface area contributed by atoms with Gasteiger partial charge in [-0.05, 0) is 61.0 Å². The zero-order valence-electron chi connectivity index (χ0n) is 23.8. The Hall–Kier alpha value is -4.62. The van der Waals surface area contributed by atoms with Crippen LogP contribution in [0.15, 0.2) is 93.1 Å². The number of furan rings is 1. The van der Waals surface area contributed by atoms with Crippen molar-refractivity contribution in [3.63, 3.8) is 0 Å². The molecule has 0 saturated carbocycles. The Labute approximate surface area is 276 Å². The SMILES string of the molecule is COc1cc(C2C(C#N)=C(N)Oc3cc(OC(=O)c4oc5cc(Br)ccc5c4C)ccc32)ccc1OCc1ccc(Cl)cc1Cl. The molecule has 5 aromatic rings. The van der Waals surface area contributed by atoms with Gasteiger partial charge in [0.15, 0.2) is 11.5 Å². The van der Waals surface area contributed by atoms with Crippen molar-refractivity contribution >= 4 is 56.1 Å². The molecule has 45 heavy (non-hydrogen) atoms. The van der Waals surface area contributed by atoms with E-state index < -0.39 is 11.9 Å². The summed E-state index contributed by atoms with van der Waals surface area (Å²) in [6.07, 6.45) is 0. The number of nitriles is 1. The lowest BCUT2D eigenvalue weighted by molar-refractivity contribution is 0.0702. The van der Waals surface area contributed by atoms with Gasteiger partial charge in [-0.2, -0.15) is 5.26 Å². The molecule has 1 aliphatic rings. The fourth-order valence-corrected chi connectivity index (χ4v) is 5.97. The Kier molecular flexibility index (Phi) is 8.38. The molecule has 11 heteroatoms. The second-order valence-corrected chi connectivity index (χ2v) is 11.9. The summed E-state index contributed by atoms with van der Waals surface area (Å²) in [5.41, 5.74) is 9.78. The van der Waals surface area contributed by atoms with E-state index in [0.717, 1.165) is 15.4 Å². The minimum atomic E-state index is -0.659. The second-order valence-electron chi connectivity index (χ2n) is 10.1. The van der Waals surface area contributed by atoms with Gasteiger partial charge in [0.2, 0.25) is 11.6 Å². The number of aryl methyl sites for hydroxylation is 1. The average Bonchev–Trinajstić information content (AvgIpc) is 3.35. The van der Waals surface area contributed by atoms with Crippen LogP contribution in [0.2, 0.25) is 10.0 Å². The Morgan fingerprint density at radius 3 is 2.62 bits per heavy atom. The molecule has 1 aliphatic heterocycles. The van der Waals surface area contributed by atoms with Crippen LogP contribution in [-0.4, -0.2) is 13.1 Å². The van der Waals surface area contributed by atoms with E-state index in [4.69, 9.17) is 52.3 Å². The van der Waals surface area contributed by atoms with E-state index in [9.17, 15) is 10.1 Å². The molecule has 1 unspecified atom stereocenters. The quantitative estimate of drug-likeness (QED) is 0.132. The van der Waals surface area contributed by atoms with Crippen molar-refractivity contribution in [2.45, 2.75) is 19.4 Å². The van der Waals surface area contributed by atoms with Gasteiger partial charge in [0.1, 0.15) is 35.3 Å². The highest BCUT2D eigenvalue weighted by Crippen LogP contribution is 2.45. The molecule has 226 valence electrons. The Morgan fingerprint density at radius 2 is 1.87 bits per heavy atom. The number of methoxy groups -OCH3 is 1. The highest BCUT2D eigenvalue weighted by Gasteiger charge is 2.32. The zero-order chi connectivity index (χ0) is 31.8. The molecule has 0 radical (unpaired) electrons. The number of nitrogens with two attached hydrogens (primary N) is 1.